The van der Waals surface area contributed by atoms with Gasteiger partial charge in [-0.1, -0.05) is 49.1 Å². The quantitative estimate of drug-likeness (QED) is 0.323. The van der Waals surface area contributed by atoms with Crippen molar-refractivity contribution in [2.45, 2.75) is 90.0 Å². The van der Waals surface area contributed by atoms with Gasteiger partial charge in [0.25, 0.3) is 5.91 Å². The van der Waals surface area contributed by atoms with Crippen molar-refractivity contribution in [2.24, 2.45) is 5.92 Å². The van der Waals surface area contributed by atoms with Crippen LogP contribution in [0.2, 0.25) is 0 Å². The van der Waals surface area contributed by atoms with Gasteiger partial charge in [-0.3, -0.25) is 9.59 Å². The Morgan fingerprint density at radius 1 is 0.903 bits per heavy atom. The van der Waals surface area contributed by atoms with Gasteiger partial charge < -0.3 is 9.64 Å². The molecule has 0 spiro atoms. The largest absolute Gasteiger partial charge is 0.464 e. The Labute approximate surface area is 186 Å². The molecule has 1 atom stereocenters. The third-order valence-corrected chi connectivity index (χ3v) is 6.70. The van der Waals surface area contributed by atoms with E-state index in [1.165, 1.54) is 16.0 Å². The fourth-order valence-electron chi connectivity index (χ4n) is 4.73. The summed E-state index contributed by atoms with van der Waals surface area (Å²) < 4.78 is 5.51. The van der Waals surface area contributed by atoms with E-state index in [9.17, 15) is 14.4 Å². The number of hydrogen-bond donors (Lipinski definition) is 0. The van der Waals surface area contributed by atoms with Gasteiger partial charge in [0.05, 0.1) is 6.61 Å². The van der Waals surface area contributed by atoms with E-state index in [1.54, 1.807) is 0 Å². The fraction of sp³-hybridized carbons (Fsp3) is 0.654. The topological polar surface area (TPSA) is 63.7 Å². The van der Waals surface area contributed by atoms with Crippen LogP contribution in [0.5, 0.6) is 0 Å². The van der Waals surface area contributed by atoms with E-state index >= 15 is 0 Å². The molecule has 1 aliphatic carbocycles. The second-order valence-corrected chi connectivity index (χ2v) is 9.17. The predicted octanol–water partition coefficient (Wildman–Crippen LogP) is 4.78. The van der Waals surface area contributed by atoms with Crippen LogP contribution < -0.4 is 0 Å². The molecule has 1 aliphatic heterocycles. The summed E-state index contributed by atoms with van der Waals surface area (Å²) in [5.74, 6) is -1.27. The lowest BCUT2D eigenvalue weighted by molar-refractivity contribution is -0.160. The number of amides is 1. The average Bonchev–Trinajstić information content (AvgIpc) is 2.82. The number of likely N-dealkylation sites (tertiary alicyclic amines) is 1. The van der Waals surface area contributed by atoms with Crippen molar-refractivity contribution in [1.29, 1.82) is 0 Å². The van der Waals surface area contributed by atoms with Crippen LogP contribution in [0, 0.1) is 12.8 Å². The molecule has 1 saturated heterocycles. The number of hydrogen-bond acceptors (Lipinski definition) is 4. The van der Waals surface area contributed by atoms with E-state index in [4.69, 9.17) is 4.74 Å². The summed E-state index contributed by atoms with van der Waals surface area (Å²) >= 11 is 0. The molecule has 1 heterocycles. The first kappa shape index (κ1) is 23.5. The highest BCUT2D eigenvalue weighted by Gasteiger charge is 2.38. The number of rotatable bonds is 9. The molecule has 2 aliphatic rings. The van der Waals surface area contributed by atoms with E-state index in [0.717, 1.165) is 70.6 Å². The first-order valence-corrected chi connectivity index (χ1v) is 12.1. The van der Waals surface area contributed by atoms with Crippen molar-refractivity contribution in [3.8, 4) is 0 Å². The predicted molar refractivity (Wildman–Crippen MR) is 121 cm³/mol. The first-order valence-electron chi connectivity index (χ1n) is 12.1. The van der Waals surface area contributed by atoms with Crippen molar-refractivity contribution in [3.05, 3.63) is 35.4 Å². The molecule has 5 nitrogen and oxygen atoms in total. The number of unbranched alkanes of at least 4 members (excludes halogenated alkanes) is 2. The molecular weight excluding hydrogens is 390 g/mol. The second-order valence-electron chi connectivity index (χ2n) is 9.17. The number of Topliss-reactive ketones (excluding diaryl/α,β-unsaturated/α-hetero) is 1. The maximum absolute atomic E-state index is 12.9. The molecule has 0 N–H and O–H groups in total. The SMILES string of the molecule is Cc1ccc(CCCCCOC(=O)C2CCCCN2C(=O)C(=O)C2CCCCC2)cc1. The summed E-state index contributed by atoms with van der Waals surface area (Å²) in [5, 5.41) is 0. The van der Waals surface area contributed by atoms with Crippen LogP contribution in [0.25, 0.3) is 0 Å². The summed E-state index contributed by atoms with van der Waals surface area (Å²) in [6.07, 6.45) is 11.0. The zero-order valence-corrected chi connectivity index (χ0v) is 18.9. The van der Waals surface area contributed by atoms with Crippen LogP contribution in [0.3, 0.4) is 0 Å². The minimum absolute atomic E-state index is 0.159. The van der Waals surface area contributed by atoms with Crippen molar-refractivity contribution in [2.75, 3.05) is 13.2 Å². The second kappa shape index (κ2) is 12.0. The number of benzene rings is 1. The Balaban J connectivity index is 1.40. The zero-order valence-electron chi connectivity index (χ0n) is 18.9. The molecule has 0 aromatic heterocycles. The lowest BCUT2D eigenvalue weighted by atomic mass is 9.85. The van der Waals surface area contributed by atoms with Crippen molar-refractivity contribution in [3.63, 3.8) is 0 Å². The maximum atomic E-state index is 12.9. The summed E-state index contributed by atoms with van der Waals surface area (Å²) in [7, 11) is 0. The molecule has 1 unspecified atom stereocenters. The van der Waals surface area contributed by atoms with Crippen molar-refractivity contribution < 1.29 is 19.1 Å². The van der Waals surface area contributed by atoms with Gasteiger partial charge >= 0.3 is 5.97 Å². The van der Waals surface area contributed by atoms with Crippen molar-refractivity contribution >= 4 is 17.7 Å². The summed E-state index contributed by atoms with van der Waals surface area (Å²) in [6, 6.07) is 8.00. The van der Waals surface area contributed by atoms with Crippen LogP contribution in [0.4, 0.5) is 0 Å². The molecular formula is C26H37NO4. The molecule has 1 aromatic carbocycles. The van der Waals surface area contributed by atoms with E-state index in [2.05, 4.69) is 31.2 Å². The Bertz CT molecular complexity index is 736. The monoisotopic (exact) mass is 427 g/mol. The Morgan fingerprint density at radius 3 is 2.35 bits per heavy atom. The molecule has 2 fully saturated rings. The van der Waals surface area contributed by atoms with Gasteiger partial charge in [-0.25, -0.2) is 4.79 Å². The number of esters is 1. The van der Waals surface area contributed by atoms with E-state index in [1.807, 2.05) is 0 Å². The van der Waals surface area contributed by atoms with E-state index in [0.29, 0.717) is 19.6 Å². The molecule has 1 aromatic rings. The Hall–Kier alpha value is -2.17. The fourth-order valence-corrected chi connectivity index (χ4v) is 4.73. The van der Waals surface area contributed by atoms with Crippen LogP contribution in [0.15, 0.2) is 24.3 Å². The molecule has 5 heteroatoms. The standard InChI is InChI=1S/C26H37NO4/c1-20-14-16-21(17-15-20)10-4-3-9-19-31-26(30)23-13-7-8-18-27(23)25(29)24(28)22-11-5-2-6-12-22/h14-17,22-23H,2-13,18-19H2,1H3. The number of nitrogens with zero attached hydrogens (tertiary/aromatic N) is 1. The average molecular weight is 428 g/mol. The van der Waals surface area contributed by atoms with Gasteiger partial charge in [0.15, 0.2) is 0 Å². The summed E-state index contributed by atoms with van der Waals surface area (Å²) in [6.45, 7) is 2.94. The van der Waals surface area contributed by atoms with Crippen LogP contribution in [-0.4, -0.2) is 41.8 Å². The van der Waals surface area contributed by atoms with Gasteiger partial charge in [0, 0.05) is 12.5 Å². The highest BCUT2D eigenvalue weighted by Crippen LogP contribution is 2.27. The lowest BCUT2D eigenvalue weighted by Gasteiger charge is -2.34. The van der Waals surface area contributed by atoms with Crippen molar-refractivity contribution in [1.82, 2.24) is 4.90 Å². The number of carbonyl (C=O) groups is 3. The van der Waals surface area contributed by atoms with E-state index < -0.39 is 11.9 Å². The van der Waals surface area contributed by atoms with Gasteiger partial charge in [-0.05, 0) is 70.3 Å². The number of ether oxygens (including phenoxy) is 1. The molecule has 0 bridgehead atoms. The highest BCUT2D eigenvalue weighted by molar-refractivity contribution is 6.37. The van der Waals surface area contributed by atoms with Crippen LogP contribution >= 0.6 is 0 Å². The molecule has 3 rings (SSSR count). The lowest BCUT2D eigenvalue weighted by Crippen LogP contribution is -2.52. The third kappa shape index (κ3) is 6.91. The van der Waals surface area contributed by atoms with Gasteiger partial charge in [-0.15, -0.1) is 0 Å². The molecule has 0 radical (unpaired) electrons. The maximum Gasteiger partial charge on any atom is 0.328 e. The zero-order chi connectivity index (χ0) is 22.1. The first-order chi connectivity index (χ1) is 15.1. The van der Waals surface area contributed by atoms with Gasteiger partial charge in [0.2, 0.25) is 5.78 Å². The highest BCUT2D eigenvalue weighted by atomic mass is 16.5. The van der Waals surface area contributed by atoms with E-state index in [-0.39, 0.29) is 17.7 Å². The Kier molecular flexibility index (Phi) is 9.11. The normalized spacial score (nSPS) is 19.8. The van der Waals surface area contributed by atoms with Gasteiger partial charge in [-0.2, -0.15) is 0 Å². The number of carbonyl (C=O) groups excluding carboxylic acids is 3. The van der Waals surface area contributed by atoms with Crippen LogP contribution in [0.1, 0.15) is 81.8 Å². The molecule has 1 amide bonds. The van der Waals surface area contributed by atoms with Gasteiger partial charge in [0.1, 0.15) is 6.04 Å². The summed E-state index contributed by atoms with van der Waals surface area (Å²) in [4.78, 5) is 39.7. The number of ketones is 1. The minimum Gasteiger partial charge on any atom is -0.464 e. The molecule has 31 heavy (non-hydrogen) atoms. The number of piperidine rings is 1. The minimum atomic E-state index is -0.596. The number of aryl methyl sites for hydroxylation is 2. The smallest absolute Gasteiger partial charge is 0.328 e. The summed E-state index contributed by atoms with van der Waals surface area (Å²) in [5.41, 5.74) is 2.60. The molecule has 170 valence electrons. The molecule has 1 saturated carbocycles. The Morgan fingerprint density at radius 2 is 1.61 bits per heavy atom. The van der Waals surface area contributed by atoms with Crippen LogP contribution in [-0.2, 0) is 25.5 Å². The third-order valence-electron chi connectivity index (χ3n) is 6.70.